The number of H-pyrrole nitrogens is 1. The van der Waals surface area contributed by atoms with Gasteiger partial charge in [-0.15, -0.1) is 0 Å². The van der Waals surface area contributed by atoms with Gasteiger partial charge in [0.25, 0.3) is 5.91 Å². The SMILES string of the molecule is C[C@@H](c1ccccc1)C(c1ncc(-c2ccc(I)cc2Cl)[nH]1)N1C(=O)N[C@H](c2ccc(OC[C@H](O)CO)cc2)C1=O. The lowest BCUT2D eigenvalue weighted by Crippen LogP contribution is -2.38. The van der Waals surface area contributed by atoms with E-state index in [-0.39, 0.29) is 12.5 Å². The third-order valence-corrected chi connectivity index (χ3v) is 8.00. The summed E-state index contributed by atoms with van der Waals surface area (Å²) in [7, 11) is 0. The van der Waals surface area contributed by atoms with E-state index < -0.39 is 36.7 Å². The van der Waals surface area contributed by atoms with Crippen LogP contribution in [0.2, 0.25) is 5.02 Å². The van der Waals surface area contributed by atoms with Crippen LogP contribution in [0.15, 0.2) is 79.0 Å². The topological polar surface area (TPSA) is 128 Å². The number of hydrogen-bond acceptors (Lipinski definition) is 6. The van der Waals surface area contributed by atoms with E-state index in [0.717, 1.165) is 14.7 Å². The molecule has 1 aliphatic heterocycles. The maximum Gasteiger partial charge on any atom is 0.325 e. The maximum absolute atomic E-state index is 13.9. The van der Waals surface area contributed by atoms with Crippen LogP contribution >= 0.6 is 34.2 Å². The number of aliphatic hydroxyl groups excluding tert-OH is 2. The van der Waals surface area contributed by atoms with Crippen LogP contribution in [0, 0.1) is 3.57 Å². The van der Waals surface area contributed by atoms with E-state index in [1.807, 2.05) is 55.5 Å². The van der Waals surface area contributed by atoms with E-state index in [9.17, 15) is 14.7 Å². The van der Waals surface area contributed by atoms with Gasteiger partial charge in [0.05, 0.1) is 23.5 Å². The minimum atomic E-state index is -0.994. The Morgan fingerprint density at radius 2 is 1.83 bits per heavy atom. The van der Waals surface area contributed by atoms with Crippen molar-refractivity contribution >= 4 is 46.1 Å². The number of nitrogens with one attached hydrogen (secondary N) is 2. The zero-order chi connectivity index (χ0) is 29.1. The monoisotopic (exact) mass is 686 g/mol. The third kappa shape index (κ3) is 6.25. The maximum atomic E-state index is 13.9. The van der Waals surface area contributed by atoms with Gasteiger partial charge in [-0.05, 0) is 58.0 Å². The molecule has 0 aliphatic carbocycles. The lowest BCUT2D eigenvalue weighted by Gasteiger charge is -2.29. The lowest BCUT2D eigenvalue weighted by atomic mass is 9.91. The van der Waals surface area contributed by atoms with Crippen molar-refractivity contribution in [3.63, 3.8) is 0 Å². The fraction of sp³-hybridized carbons (Fsp3) is 0.233. The summed E-state index contributed by atoms with van der Waals surface area (Å²) >= 11 is 8.71. The van der Waals surface area contributed by atoms with Crippen LogP contribution in [-0.4, -0.2) is 56.3 Å². The number of amides is 3. The summed E-state index contributed by atoms with van der Waals surface area (Å²) in [6, 6.07) is 19.9. The Labute approximate surface area is 255 Å². The molecule has 0 saturated carbocycles. The van der Waals surface area contributed by atoms with Crippen molar-refractivity contribution in [1.82, 2.24) is 20.2 Å². The Morgan fingerprint density at radius 1 is 1.10 bits per heavy atom. The second-order valence-corrected chi connectivity index (χ2v) is 11.4. The van der Waals surface area contributed by atoms with Crippen molar-refractivity contribution in [2.75, 3.05) is 13.2 Å². The van der Waals surface area contributed by atoms with Gasteiger partial charge in [-0.3, -0.25) is 9.69 Å². The van der Waals surface area contributed by atoms with Gasteiger partial charge in [0.1, 0.15) is 36.4 Å². The number of carbonyl (C=O) groups excluding carboxylic acids is 2. The number of urea groups is 1. The zero-order valence-electron chi connectivity index (χ0n) is 22.0. The number of ether oxygens (including phenoxy) is 1. The van der Waals surface area contributed by atoms with Crippen molar-refractivity contribution in [3.05, 3.63) is 105 Å². The smallest absolute Gasteiger partial charge is 0.325 e. The molecule has 0 bridgehead atoms. The molecule has 1 aromatic heterocycles. The number of aliphatic hydroxyl groups is 2. The molecular formula is C30H28ClIN4O5. The minimum Gasteiger partial charge on any atom is -0.491 e. The number of imidazole rings is 1. The molecule has 4 atom stereocenters. The number of halogens is 2. The van der Waals surface area contributed by atoms with Crippen LogP contribution < -0.4 is 10.1 Å². The Kier molecular flexibility index (Phi) is 8.93. The number of imide groups is 1. The molecule has 41 heavy (non-hydrogen) atoms. The quantitative estimate of drug-likeness (QED) is 0.134. The first kappa shape index (κ1) is 29.1. The van der Waals surface area contributed by atoms with Gasteiger partial charge >= 0.3 is 6.03 Å². The predicted molar refractivity (Wildman–Crippen MR) is 162 cm³/mol. The molecule has 1 unspecified atom stereocenters. The van der Waals surface area contributed by atoms with Crippen LogP contribution in [0.1, 0.15) is 41.9 Å². The van der Waals surface area contributed by atoms with E-state index in [2.05, 4.69) is 37.9 Å². The van der Waals surface area contributed by atoms with E-state index in [1.165, 1.54) is 4.90 Å². The first-order valence-electron chi connectivity index (χ1n) is 13.0. The molecule has 0 radical (unpaired) electrons. The highest BCUT2D eigenvalue weighted by molar-refractivity contribution is 14.1. The van der Waals surface area contributed by atoms with Gasteiger partial charge in [-0.25, -0.2) is 9.78 Å². The molecule has 0 spiro atoms. The van der Waals surface area contributed by atoms with E-state index in [1.54, 1.807) is 30.5 Å². The third-order valence-electron chi connectivity index (χ3n) is 7.01. The van der Waals surface area contributed by atoms with E-state index >= 15 is 0 Å². The van der Waals surface area contributed by atoms with Crippen molar-refractivity contribution in [2.45, 2.75) is 31.0 Å². The van der Waals surface area contributed by atoms with Gasteiger partial charge in [0.2, 0.25) is 0 Å². The molecule has 1 aliphatic rings. The molecule has 4 aromatic rings. The number of aromatic nitrogens is 2. The summed E-state index contributed by atoms with van der Waals surface area (Å²) in [5.74, 6) is 0.228. The largest absolute Gasteiger partial charge is 0.491 e. The standard InChI is InChI=1S/C30H28ClIN4O5/c1-17(18-5-3-2-4-6-18)27(28-33-14-25(34-28)23-12-9-20(32)13-24(23)31)36-29(39)26(35-30(36)40)19-7-10-22(11-8-19)41-16-21(38)15-37/h2-14,17,21,26-27,37-38H,15-16H2,1H3,(H,33,34)(H,35,40)/t17-,21+,26+,27?/m0/s1. The van der Waals surface area contributed by atoms with Gasteiger partial charge in [0.15, 0.2) is 0 Å². The van der Waals surface area contributed by atoms with Crippen molar-refractivity contribution in [2.24, 2.45) is 0 Å². The van der Waals surface area contributed by atoms with Crippen LogP contribution in [0.5, 0.6) is 5.75 Å². The summed E-state index contributed by atoms with van der Waals surface area (Å²) in [5, 5.41) is 21.9. The molecule has 3 aromatic carbocycles. The van der Waals surface area contributed by atoms with E-state index in [4.69, 9.17) is 21.4 Å². The summed E-state index contributed by atoms with van der Waals surface area (Å²) < 4.78 is 6.46. The molecule has 11 heteroatoms. The molecule has 3 amide bonds. The van der Waals surface area contributed by atoms with Gasteiger partial charge < -0.3 is 25.3 Å². The highest BCUT2D eigenvalue weighted by atomic mass is 127. The second-order valence-electron chi connectivity index (χ2n) is 9.76. The molecule has 9 nitrogen and oxygen atoms in total. The van der Waals surface area contributed by atoms with Crippen molar-refractivity contribution < 1.29 is 24.5 Å². The minimum absolute atomic E-state index is 0.0691. The number of aromatic amines is 1. The van der Waals surface area contributed by atoms with Crippen LogP contribution in [0.4, 0.5) is 4.79 Å². The predicted octanol–water partition coefficient (Wildman–Crippen LogP) is 5.20. The Bertz CT molecular complexity index is 1530. The molecule has 1 fully saturated rings. The van der Waals surface area contributed by atoms with Gasteiger partial charge in [-0.1, -0.05) is 67.1 Å². The molecule has 5 rings (SSSR count). The number of hydrogen-bond donors (Lipinski definition) is 4. The van der Waals surface area contributed by atoms with Crippen LogP contribution in [0.25, 0.3) is 11.3 Å². The Morgan fingerprint density at radius 3 is 2.51 bits per heavy atom. The normalized spacial score (nSPS) is 17.3. The fourth-order valence-electron chi connectivity index (χ4n) is 4.84. The summed E-state index contributed by atoms with van der Waals surface area (Å²) in [4.78, 5) is 36.5. The van der Waals surface area contributed by atoms with Crippen LogP contribution in [0.3, 0.4) is 0 Å². The zero-order valence-corrected chi connectivity index (χ0v) is 24.9. The first-order chi connectivity index (χ1) is 19.8. The van der Waals surface area contributed by atoms with Crippen molar-refractivity contribution in [1.29, 1.82) is 0 Å². The van der Waals surface area contributed by atoms with Crippen molar-refractivity contribution in [3.8, 4) is 17.0 Å². The number of carbonyl (C=O) groups is 2. The Balaban J connectivity index is 1.46. The first-order valence-corrected chi connectivity index (χ1v) is 14.4. The van der Waals surface area contributed by atoms with Gasteiger partial charge in [-0.2, -0.15) is 0 Å². The lowest BCUT2D eigenvalue weighted by molar-refractivity contribution is -0.129. The van der Waals surface area contributed by atoms with Gasteiger partial charge in [0, 0.05) is 15.1 Å². The number of nitrogens with zero attached hydrogens (tertiary/aromatic N) is 2. The number of benzene rings is 3. The molecule has 1 saturated heterocycles. The average Bonchev–Trinajstić information content (AvgIpc) is 3.57. The molecular weight excluding hydrogens is 659 g/mol. The highest BCUT2D eigenvalue weighted by Crippen LogP contribution is 2.40. The summed E-state index contributed by atoms with van der Waals surface area (Å²) in [6.07, 6.45) is 0.669. The summed E-state index contributed by atoms with van der Waals surface area (Å²) in [5.41, 5.74) is 2.97. The molecule has 2 heterocycles. The molecule has 212 valence electrons. The fourth-order valence-corrected chi connectivity index (χ4v) is 5.80. The Hall–Kier alpha value is -3.45. The van der Waals surface area contributed by atoms with E-state index in [0.29, 0.717) is 27.9 Å². The highest BCUT2D eigenvalue weighted by Gasteiger charge is 2.46. The van der Waals surface area contributed by atoms with Crippen LogP contribution in [-0.2, 0) is 4.79 Å². The average molecular weight is 687 g/mol. The summed E-state index contributed by atoms with van der Waals surface area (Å²) in [6.45, 7) is 1.48. The molecule has 4 N–H and O–H groups in total. The second kappa shape index (κ2) is 12.6. The number of rotatable bonds is 10.